The Hall–Kier alpha value is -1.66. The van der Waals surface area contributed by atoms with Crippen LogP contribution < -0.4 is 4.72 Å². The van der Waals surface area contributed by atoms with E-state index in [0.717, 1.165) is 6.08 Å². The van der Waals surface area contributed by atoms with Gasteiger partial charge in [-0.15, -0.1) is 0 Å². The van der Waals surface area contributed by atoms with Crippen LogP contribution in [0.15, 0.2) is 29.2 Å². The number of aliphatic carboxylic acids is 1. The minimum Gasteiger partial charge on any atom is -0.478 e. The number of carboxylic acid groups (broad SMARTS) is 1. The van der Waals surface area contributed by atoms with Crippen molar-refractivity contribution in [1.29, 1.82) is 0 Å². The Balaban J connectivity index is 3.25. The highest BCUT2D eigenvalue weighted by atomic mass is 32.2. The van der Waals surface area contributed by atoms with Crippen LogP contribution in [-0.2, 0) is 14.8 Å². The Morgan fingerprint density at radius 3 is 2.59 bits per heavy atom. The van der Waals surface area contributed by atoms with Crippen LogP contribution in [0.3, 0.4) is 0 Å². The topological polar surface area (TPSA) is 83.5 Å². The van der Waals surface area contributed by atoms with Crippen molar-refractivity contribution in [3.05, 3.63) is 35.4 Å². The van der Waals surface area contributed by atoms with Gasteiger partial charge in [0.2, 0.25) is 10.0 Å². The normalized spacial score (nSPS) is 11.9. The van der Waals surface area contributed by atoms with E-state index < -0.39 is 16.0 Å². The second-order valence-corrected chi connectivity index (χ2v) is 5.26. The molecule has 0 atom stereocenters. The average Bonchev–Trinajstić information content (AvgIpc) is 2.27. The Bertz CT molecular complexity index is 561. The van der Waals surface area contributed by atoms with Crippen molar-refractivity contribution < 1.29 is 18.3 Å². The van der Waals surface area contributed by atoms with Crippen LogP contribution in [0.1, 0.15) is 11.1 Å². The fourth-order valence-electron chi connectivity index (χ4n) is 1.29. The van der Waals surface area contributed by atoms with E-state index in [0.29, 0.717) is 11.1 Å². The maximum Gasteiger partial charge on any atom is 0.328 e. The monoisotopic (exact) mass is 255 g/mol. The molecule has 17 heavy (non-hydrogen) atoms. The molecule has 0 saturated heterocycles. The van der Waals surface area contributed by atoms with Crippen LogP contribution >= 0.6 is 0 Å². The van der Waals surface area contributed by atoms with Crippen LogP contribution in [0.5, 0.6) is 0 Å². The van der Waals surface area contributed by atoms with Gasteiger partial charge in [-0.05, 0) is 37.2 Å². The summed E-state index contributed by atoms with van der Waals surface area (Å²) in [4.78, 5) is 10.5. The van der Waals surface area contributed by atoms with Crippen LogP contribution in [0.25, 0.3) is 6.08 Å². The smallest absolute Gasteiger partial charge is 0.328 e. The number of carboxylic acids is 1. The number of benzene rings is 1. The molecule has 92 valence electrons. The molecular formula is C11H13NO4S. The number of sulfonamides is 1. The Morgan fingerprint density at radius 2 is 2.06 bits per heavy atom. The summed E-state index contributed by atoms with van der Waals surface area (Å²) in [6, 6.07) is 4.72. The zero-order valence-electron chi connectivity index (χ0n) is 9.47. The molecule has 6 heteroatoms. The fourth-order valence-corrected chi connectivity index (χ4v) is 2.29. The number of aryl methyl sites for hydroxylation is 1. The molecule has 0 aliphatic rings. The van der Waals surface area contributed by atoms with E-state index in [1.54, 1.807) is 19.1 Å². The third kappa shape index (κ3) is 3.40. The average molecular weight is 255 g/mol. The van der Waals surface area contributed by atoms with Crippen LogP contribution in [-0.4, -0.2) is 26.5 Å². The number of carbonyl (C=O) groups is 1. The third-order valence-electron chi connectivity index (χ3n) is 2.19. The zero-order chi connectivity index (χ0) is 13.1. The summed E-state index contributed by atoms with van der Waals surface area (Å²) in [5.74, 6) is -1.08. The predicted molar refractivity (Wildman–Crippen MR) is 64.1 cm³/mol. The molecule has 0 bridgehead atoms. The van der Waals surface area contributed by atoms with Crippen molar-refractivity contribution in [3.8, 4) is 0 Å². The van der Waals surface area contributed by atoms with Crippen molar-refractivity contribution in [2.45, 2.75) is 11.8 Å². The van der Waals surface area contributed by atoms with Gasteiger partial charge >= 0.3 is 5.97 Å². The van der Waals surface area contributed by atoms with E-state index in [1.165, 1.54) is 19.2 Å². The Morgan fingerprint density at radius 1 is 1.41 bits per heavy atom. The molecule has 0 amide bonds. The first kappa shape index (κ1) is 13.4. The van der Waals surface area contributed by atoms with Gasteiger partial charge in [-0.25, -0.2) is 17.9 Å². The summed E-state index contributed by atoms with van der Waals surface area (Å²) in [5.41, 5.74) is 1.12. The summed E-state index contributed by atoms with van der Waals surface area (Å²) < 4.78 is 25.5. The molecule has 0 unspecified atom stereocenters. The van der Waals surface area contributed by atoms with Gasteiger partial charge in [0.25, 0.3) is 0 Å². The lowest BCUT2D eigenvalue weighted by Gasteiger charge is -2.07. The quantitative estimate of drug-likeness (QED) is 0.786. The molecule has 2 N–H and O–H groups in total. The molecule has 0 radical (unpaired) electrons. The summed E-state index contributed by atoms with van der Waals surface area (Å²) in [7, 11) is -2.19. The van der Waals surface area contributed by atoms with Crippen LogP contribution in [0.4, 0.5) is 0 Å². The minimum absolute atomic E-state index is 0.146. The highest BCUT2D eigenvalue weighted by Gasteiger charge is 2.14. The predicted octanol–water partition coefficient (Wildman–Crippen LogP) is 1.00. The first-order valence-corrected chi connectivity index (χ1v) is 6.30. The second kappa shape index (κ2) is 5.11. The van der Waals surface area contributed by atoms with Gasteiger partial charge in [0.1, 0.15) is 0 Å². The highest BCUT2D eigenvalue weighted by molar-refractivity contribution is 7.89. The van der Waals surface area contributed by atoms with E-state index in [-0.39, 0.29) is 4.90 Å². The third-order valence-corrected chi connectivity index (χ3v) is 3.75. The maximum absolute atomic E-state index is 11.7. The molecule has 0 aliphatic carbocycles. The summed E-state index contributed by atoms with van der Waals surface area (Å²) in [6.45, 7) is 1.68. The minimum atomic E-state index is -3.52. The number of hydrogen-bond donors (Lipinski definition) is 2. The molecule has 0 spiro atoms. The Labute approximate surface area is 99.8 Å². The molecule has 0 aromatic heterocycles. The van der Waals surface area contributed by atoms with E-state index in [1.807, 2.05) is 0 Å². The van der Waals surface area contributed by atoms with Gasteiger partial charge in [0.15, 0.2) is 0 Å². The molecule has 0 fully saturated rings. The van der Waals surface area contributed by atoms with Crippen molar-refractivity contribution in [1.82, 2.24) is 4.72 Å². The van der Waals surface area contributed by atoms with Crippen molar-refractivity contribution >= 4 is 22.1 Å². The molecule has 1 aromatic carbocycles. The lowest BCUT2D eigenvalue weighted by Crippen LogP contribution is -2.19. The number of rotatable bonds is 4. The lowest BCUT2D eigenvalue weighted by molar-refractivity contribution is -0.131. The van der Waals surface area contributed by atoms with E-state index in [9.17, 15) is 13.2 Å². The van der Waals surface area contributed by atoms with Crippen molar-refractivity contribution in [2.24, 2.45) is 0 Å². The molecule has 1 rings (SSSR count). The summed E-state index contributed by atoms with van der Waals surface area (Å²) >= 11 is 0. The Kier molecular flexibility index (Phi) is 4.03. The largest absolute Gasteiger partial charge is 0.478 e. The van der Waals surface area contributed by atoms with E-state index >= 15 is 0 Å². The lowest BCUT2D eigenvalue weighted by atomic mass is 10.1. The summed E-state index contributed by atoms with van der Waals surface area (Å²) in [6.07, 6.45) is 2.30. The van der Waals surface area contributed by atoms with E-state index in [4.69, 9.17) is 5.11 Å². The summed E-state index contributed by atoms with van der Waals surface area (Å²) in [5, 5.41) is 8.49. The molecule has 0 heterocycles. The standard InChI is InChI=1S/C11H13NO4S/c1-8-3-4-9(5-6-11(13)14)7-10(8)17(15,16)12-2/h3-7,12H,1-2H3,(H,13,14)/b6-5+. The maximum atomic E-state index is 11.7. The first-order valence-electron chi connectivity index (χ1n) is 4.82. The van der Waals surface area contributed by atoms with Gasteiger partial charge in [-0.2, -0.15) is 0 Å². The van der Waals surface area contributed by atoms with Gasteiger partial charge < -0.3 is 5.11 Å². The van der Waals surface area contributed by atoms with Crippen molar-refractivity contribution in [3.63, 3.8) is 0 Å². The first-order chi connectivity index (χ1) is 7.86. The SMILES string of the molecule is CNS(=O)(=O)c1cc(/C=C/C(=O)O)ccc1C. The number of hydrogen-bond acceptors (Lipinski definition) is 3. The molecule has 1 aromatic rings. The van der Waals surface area contributed by atoms with Gasteiger partial charge in [0, 0.05) is 6.08 Å². The van der Waals surface area contributed by atoms with Gasteiger partial charge in [-0.1, -0.05) is 12.1 Å². The number of nitrogens with one attached hydrogen (secondary N) is 1. The molecule has 0 aliphatic heterocycles. The molecule has 0 saturated carbocycles. The highest BCUT2D eigenvalue weighted by Crippen LogP contribution is 2.17. The van der Waals surface area contributed by atoms with Gasteiger partial charge in [0.05, 0.1) is 4.90 Å². The zero-order valence-corrected chi connectivity index (χ0v) is 10.3. The fraction of sp³-hybridized carbons (Fsp3) is 0.182. The van der Waals surface area contributed by atoms with Crippen molar-refractivity contribution in [2.75, 3.05) is 7.05 Å². The van der Waals surface area contributed by atoms with Crippen LogP contribution in [0.2, 0.25) is 0 Å². The van der Waals surface area contributed by atoms with Gasteiger partial charge in [-0.3, -0.25) is 0 Å². The molecular weight excluding hydrogens is 242 g/mol. The molecule has 5 nitrogen and oxygen atoms in total. The van der Waals surface area contributed by atoms with Crippen LogP contribution in [0, 0.1) is 6.92 Å². The second-order valence-electron chi connectivity index (χ2n) is 3.40. The van der Waals surface area contributed by atoms with E-state index in [2.05, 4.69) is 4.72 Å².